The van der Waals surface area contributed by atoms with E-state index in [0.717, 1.165) is 0 Å². The normalized spacial score (nSPS) is 10.2. The van der Waals surface area contributed by atoms with Crippen molar-refractivity contribution in [2.24, 2.45) is 0 Å². The first-order valence-corrected chi connectivity index (χ1v) is 9.62. The smallest absolute Gasteiger partial charge is 0.254 e. The molecule has 3 amide bonds. The number of methoxy groups -OCH3 is 1. The highest BCUT2D eigenvalue weighted by molar-refractivity contribution is 5.98. The predicted molar refractivity (Wildman–Crippen MR) is 115 cm³/mol. The van der Waals surface area contributed by atoms with E-state index in [-0.39, 0.29) is 31.4 Å². The molecule has 3 rings (SSSR count). The average molecular weight is 421 g/mol. The van der Waals surface area contributed by atoms with Crippen LogP contribution in [-0.2, 0) is 16.1 Å². The third-order valence-corrected chi connectivity index (χ3v) is 4.39. The topological polar surface area (TPSA) is 101 Å². The molecule has 8 heteroatoms. The molecule has 2 N–H and O–H groups in total. The molecule has 2 aromatic carbocycles. The number of nitrogens with one attached hydrogen (secondary N) is 2. The number of hydrogen-bond donors (Lipinski definition) is 2. The lowest BCUT2D eigenvalue weighted by molar-refractivity contribution is -0.124. The maximum Gasteiger partial charge on any atom is 0.254 e. The summed E-state index contributed by atoms with van der Waals surface area (Å²) in [5.74, 6) is 0.0707. The molecule has 1 aromatic heterocycles. The highest BCUT2D eigenvalue weighted by Crippen LogP contribution is 2.15. The largest absolute Gasteiger partial charge is 0.497 e. The summed E-state index contributed by atoms with van der Waals surface area (Å²) < 4.78 is 10.4. The number of ether oxygens (including phenoxy) is 1. The molecule has 0 aliphatic heterocycles. The fourth-order valence-corrected chi connectivity index (χ4v) is 2.84. The van der Waals surface area contributed by atoms with Gasteiger partial charge in [-0.05, 0) is 48.5 Å². The molecule has 0 saturated heterocycles. The molecule has 3 aromatic rings. The molecule has 0 atom stereocenters. The van der Waals surface area contributed by atoms with Gasteiger partial charge in [0.2, 0.25) is 11.8 Å². The van der Waals surface area contributed by atoms with Crippen molar-refractivity contribution in [1.29, 1.82) is 0 Å². The van der Waals surface area contributed by atoms with Crippen molar-refractivity contribution in [2.45, 2.75) is 6.54 Å². The first-order chi connectivity index (χ1) is 15.0. The summed E-state index contributed by atoms with van der Waals surface area (Å²) in [6.07, 6.45) is 1.50. The zero-order valence-electron chi connectivity index (χ0n) is 17.0. The Kier molecular flexibility index (Phi) is 7.42. The molecule has 8 nitrogen and oxygen atoms in total. The van der Waals surface area contributed by atoms with E-state index in [1.165, 1.54) is 11.2 Å². The first kappa shape index (κ1) is 21.6. The molecule has 0 unspecified atom stereocenters. The number of carbonyl (C=O) groups is 3. The van der Waals surface area contributed by atoms with Crippen molar-refractivity contribution in [1.82, 2.24) is 10.2 Å². The Morgan fingerprint density at radius 3 is 2.32 bits per heavy atom. The molecule has 0 fully saturated rings. The number of hydrogen-bond acceptors (Lipinski definition) is 5. The number of amides is 3. The average Bonchev–Trinajstić information content (AvgIpc) is 3.31. The Morgan fingerprint density at radius 2 is 1.68 bits per heavy atom. The van der Waals surface area contributed by atoms with Gasteiger partial charge in [0.15, 0.2) is 0 Å². The maximum atomic E-state index is 12.9. The van der Waals surface area contributed by atoms with Crippen molar-refractivity contribution in [3.05, 3.63) is 84.3 Å². The summed E-state index contributed by atoms with van der Waals surface area (Å²) in [4.78, 5) is 38.8. The van der Waals surface area contributed by atoms with Crippen LogP contribution in [0.4, 0.5) is 5.69 Å². The lowest BCUT2D eigenvalue weighted by Crippen LogP contribution is -2.42. The minimum absolute atomic E-state index is 0.131. The zero-order valence-corrected chi connectivity index (χ0v) is 17.0. The number of carbonyl (C=O) groups excluding carboxylic acids is 3. The van der Waals surface area contributed by atoms with E-state index in [1.54, 1.807) is 67.8 Å². The van der Waals surface area contributed by atoms with Gasteiger partial charge in [0.25, 0.3) is 5.91 Å². The Hall–Kier alpha value is -4.07. The van der Waals surface area contributed by atoms with Crippen molar-refractivity contribution < 1.29 is 23.5 Å². The minimum Gasteiger partial charge on any atom is -0.497 e. The summed E-state index contributed by atoms with van der Waals surface area (Å²) in [6.45, 7) is -0.310. The van der Waals surface area contributed by atoms with Gasteiger partial charge in [-0.15, -0.1) is 0 Å². The van der Waals surface area contributed by atoms with E-state index in [9.17, 15) is 14.4 Å². The van der Waals surface area contributed by atoms with Gasteiger partial charge in [-0.3, -0.25) is 14.4 Å². The van der Waals surface area contributed by atoms with Gasteiger partial charge in [0.1, 0.15) is 18.1 Å². The van der Waals surface area contributed by atoms with Crippen molar-refractivity contribution >= 4 is 23.4 Å². The van der Waals surface area contributed by atoms with Crippen LogP contribution in [-0.4, -0.2) is 42.8 Å². The second-order valence-corrected chi connectivity index (χ2v) is 6.66. The summed E-state index contributed by atoms with van der Waals surface area (Å²) in [7, 11) is 1.56. The third kappa shape index (κ3) is 6.46. The molecule has 0 aliphatic carbocycles. The molecular weight excluding hydrogens is 398 g/mol. The third-order valence-electron chi connectivity index (χ3n) is 4.39. The molecule has 0 aliphatic rings. The Balaban J connectivity index is 1.56. The van der Waals surface area contributed by atoms with Crippen LogP contribution in [0.2, 0.25) is 0 Å². The molecule has 0 bridgehead atoms. The van der Waals surface area contributed by atoms with Gasteiger partial charge in [-0.1, -0.05) is 18.2 Å². The Morgan fingerprint density at radius 1 is 0.935 bits per heavy atom. The number of benzene rings is 2. The van der Waals surface area contributed by atoms with Crippen LogP contribution in [0.3, 0.4) is 0 Å². The zero-order chi connectivity index (χ0) is 22.1. The van der Waals surface area contributed by atoms with Crippen molar-refractivity contribution in [3.63, 3.8) is 0 Å². The highest BCUT2D eigenvalue weighted by Gasteiger charge is 2.20. The Labute approximate surface area is 179 Å². The van der Waals surface area contributed by atoms with Crippen molar-refractivity contribution in [3.8, 4) is 5.75 Å². The minimum atomic E-state index is -0.458. The number of anilines is 1. The monoisotopic (exact) mass is 421 g/mol. The summed E-state index contributed by atoms with van der Waals surface area (Å²) in [5, 5.41) is 5.22. The van der Waals surface area contributed by atoms with Crippen LogP contribution in [0.1, 0.15) is 16.1 Å². The van der Waals surface area contributed by atoms with Crippen molar-refractivity contribution in [2.75, 3.05) is 25.5 Å². The summed E-state index contributed by atoms with van der Waals surface area (Å²) in [6, 6.07) is 18.9. The molecular formula is C23H23N3O5. The molecule has 160 valence electrons. The summed E-state index contributed by atoms with van der Waals surface area (Å²) >= 11 is 0. The van der Waals surface area contributed by atoms with Crippen LogP contribution in [0.15, 0.2) is 77.4 Å². The first-order valence-electron chi connectivity index (χ1n) is 9.62. The van der Waals surface area contributed by atoms with Crippen LogP contribution in [0, 0.1) is 0 Å². The second-order valence-electron chi connectivity index (χ2n) is 6.66. The standard InChI is InChI=1S/C23H23N3O5/c1-30-19-11-9-18(10-12-19)25-21(27)14-24-22(28)16-26(15-20-8-5-13-31-20)23(29)17-6-3-2-4-7-17/h2-13H,14-16H2,1H3,(H,24,28)(H,25,27). The molecule has 0 radical (unpaired) electrons. The number of rotatable bonds is 9. The highest BCUT2D eigenvalue weighted by atomic mass is 16.5. The van der Waals surface area contributed by atoms with Gasteiger partial charge < -0.3 is 24.7 Å². The van der Waals surface area contributed by atoms with E-state index in [1.807, 2.05) is 6.07 Å². The van der Waals surface area contributed by atoms with Gasteiger partial charge in [0, 0.05) is 11.3 Å². The van der Waals surface area contributed by atoms with E-state index < -0.39 is 5.91 Å². The molecule has 31 heavy (non-hydrogen) atoms. The van der Waals surface area contributed by atoms with Crippen LogP contribution < -0.4 is 15.4 Å². The number of nitrogens with zero attached hydrogens (tertiary/aromatic N) is 1. The van der Waals surface area contributed by atoms with E-state index >= 15 is 0 Å². The fraction of sp³-hybridized carbons (Fsp3) is 0.174. The van der Waals surface area contributed by atoms with Crippen LogP contribution in [0.25, 0.3) is 0 Å². The van der Waals surface area contributed by atoms with Gasteiger partial charge in [-0.25, -0.2) is 0 Å². The van der Waals surface area contributed by atoms with E-state index in [0.29, 0.717) is 22.8 Å². The van der Waals surface area contributed by atoms with Crippen LogP contribution in [0.5, 0.6) is 5.75 Å². The van der Waals surface area contributed by atoms with E-state index in [4.69, 9.17) is 9.15 Å². The summed E-state index contributed by atoms with van der Waals surface area (Å²) in [5.41, 5.74) is 1.04. The second kappa shape index (κ2) is 10.6. The quantitative estimate of drug-likeness (QED) is 0.553. The lowest BCUT2D eigenvalue weighted by atomic mass is 10.2. The number of furan rings is 1. The molecule has 0 spiro atoms. The Bertz CT molecular complexity index is 1000. The lowest BCUT2D eigenvalue weighted by Gasteiger charge is -2.21. The van der Waals surface area contributed by atoms with Crippen LogP contribution >= 0.6 is 0 Å². The fourth-order valence-electron chi connectivity index (χ4n) is 2.84. The van der Waals surface area contributed by atoms with Gasteiger partial charge in [-0.2, -0.15) is 0 Å². The van der Waals surface area contributed by atoms with Gasteiger partial charge >= 0.3 is 0 Å². The van der Waals surface area contributed by atoms with E-state index in [2.05, 4.69) is 10.6 Å². The SMILES string of the molecule is COc1ccc(NC(=O)CNC(=O)CN(Cc2ccco2)C(=O)c2ccccc2)cc1. The molecule has 1 heterocycles. The maximum absolute atomic E-state index is 12.9. The predicted octanol–water partition coefficient (Wildman–Crippen LogP) is 2.69. The van der Waals surface area contributed by atoms with Gasteiger partial charge in [0.05, 0.1) is 26.5 Å². The molecule has 0 saturated carbocycles.